The lowest BCUT2D eigenvalue weighted by molar-refractivity contribution is 0.0932. The molecule has 3 rings (SSSR count). The van der Waals surface area contributed by atoms with E-state index < -0.39 is 0 Å². The molecule has 0 fully saturated rings. The van der Waals surface area contributed by atoms with Crippen LogP contribution in [0.2, 0.25) is 0 Å². The van der Waals surface area contributed by atoms with Crippen molar-refractivity contribution in [2.75, 3.05) is 0 Å². The zero-order valence-corrected chi connectivity index (χ0v) is 17.1. The average molecular weight is 381 g/mol. The normalized spacial score (nSPS) is 12.0. The van der Waals surface area contributed by atoms with Gasteiger partial charge in [0.25, 0.3) is 5.91 Å². The van der Waals surface area contributed by atoms with Crippen LogP contribution in [0, 0.1) is 20.8 Å². The number of hydrogen-bond donors (Lipinski definition) is 1. The monoisotopic (exact) mass is 381 g/mol. The Bertz CT molecular complexity index is 973. The molecular formula is C21H27N5O2. The summed E-state index contributed by atoms with van der Waals surface area (Å²) in [6.45, 7) is 11.1. The molecule has 2 heterocycles. The zero-order valence-electron chi connectivity index (χ0n) is 17.1. The minimum absolute atomic E-state index is 0.149. The van der Waals surface area contributed by atoms with Crippen LogP contribution in [0.1, 0.15) is 52.8 Å². The van der Waals surface area contributed by atoms with Gasteiger partial charge in [-0.05, 0) is 52.3 Å². The summed E-state index contributed by atoms with van der Waals surface area (Å²) in [5.41, 5.74) is 4.69. The Kier molecular flexibility index (Phi) is 5.82. The van der Waals surface area contributed by atoms with Crippen molar-refractivity contribution in [2.24, 2.45) is 0 Å². The first-order valence-corrected chi connectivity index (χ1v) is 9.45. The highest BCUT2D eigenvalue weighted by Crippen LogP contribution is 2.19. The second kappa shape index (κ2) is 8.29. The van der Waals surface area contributed by atoms with E-state index in [9.17, 15) is 4.79 Å². The van der Waals surface area contributed by atoms with E-state index in [1.165, 1.54) is 5.56 Å². The van der Waals surface area contributed by atoms with E-state index in [1.54, 1.807) is 23.1 Å². The van der Waals surface area contributed by atoms with Crippen molar-refractivity contribution in [3.05, 3.63) is 64.7 Å². The maximum absolute atomic E-state index is 12.5. The van der Waals surface area contributed by atoms with Crippen molar-refractivity contribution < 1.29 is 9.53 Å². The Morgan fingerprint density at radius 3 is 2.71 bits per heavy atom. The highest BCUT2D eigenvalue weighted by molar-refractivity contribution is 5.92. The topological polar surface area (TPSA) is 74.0 Å². The van der Waals surface area contributed by atoms with Crippen LogP contribution >= 0.6 is 0 Å². The molecule has 0 aliphatic rings. The molecule has 0 spiro atoms. The van der Waals surface area contributed by atoms with Crippen LogP contribution < -0.4 is 10.1 Å². The molecule has 0 aliphatic heterocycles. The van der Waals surface area contributed by atoms with Gasteiger partial charge in [-0.1, -0.05) is 17.7 Å². The van der Waals surface area contributed by atoms with E-state index >= 15 is 0 Å². The summed E-state index contributed by atoms with van der Waals surface area (Å²) in [6, 6.07) is 7.57. The van der Waals surface area contributed by atoms with Crippen molar-refractivity contribution in [1.29, 1.82) is 0 Å². The first-order chi connectivity index (χ1) is 13.4. The maximum Gasteiger partial charge on any atom is 0.272 e. The quantitative estimate of drug-likeness (QED) is 0.679. The maximum atomic E-state index is 12.5. The van der Waals surface area contributed by atoms with Crippen LogP contribution in [-0.2, 0) is 13.3 Å². The molecule has 3 aromatic rings. The lowest BCUT2D eigenvalue weighted by Gasteiger charge is -2.13. The number of ether oxygens (including phenoxy) is 1. The molecule has 0 radical (unpaired) electrons. The standard InChI is InChI=1S/C21H27N5O2/c1-6-26-17(5)18(12-22-26)16(4)23-21(27)19-9-10-25(24-19)13-28-20-8-7-14(2)11-15(20)3/h7-12,16H,6,13H2,1-5H3,(H,23,27). The Morgan fingerprint density at radius 1 is 1.25 bits per heavy atom. The molecule has 1 amide bonds. The minimum Gasteiger partial charge on any atom is -0.471 e. The zero-order chi connectivity index (χ0) is 20.3. The highest BCUT2D eigenvalue weighted by Gasteiger charge is 2.17. The van der Waals surface area contributed by atoms with Crippen LogP contribution in [0.3, 0.4) is 0 Å². The molecule has 7 heteroatoms. The molecule has 0 aliphatic carbocycles. The predicted molar refractivity (Wildman–Crippen MR) is 107 cm³/mol. The van der Waals surface area contributed by atoms with E-state index in [0.29, 0.717) is 5.69 Å². The number of nitrogens with one attached hydrogen (secondary N) is 1. The summed E-state index contributed by atoms with van der Waals surface area (Å²) in [4.78, 5) is 12.5. The van der Waals surface area contributed by atoms with E-state index in [-0.39, 0.29) is 18.7 Å². The summed E-state index contributed by atoms with van der Waals surface area (Å²) in [5, 5.41) is 11.6. The van der Waals surface area contributed by atoms with Gasteiger partial charge in [-0.15, -0.1) is 0 Å². The first kappa shape index (κ1) is 19.7. The minimum atomic E-state index is -0.221. The molecule has 2 aromatic heterocycles. The van der Waals surface area contributed by atoms with Crippen molar-refractivity contribution in [3.63, 3.8) is 0 Å². The van der Waals surface area contributed by atoms with Gasteiger partial charge in [0.15, 0.2) is 6.73 Å². The van der Waals surface area contributed by atoms with Gasteiger partial charge < -0.3 is 10.1 Å². The number of amides is 1. The number of aryl methyl sites for hydroxylation is 3. The number of hydrogen-bond acceptors (Lipinski definition) is 4. The van der Waals surface area contributed by atoms with Crippen molar-refractivity contribution in [2.45, 2.75) is 53.9 Å². The summed E-state index contributed by atoms with van der Waals surface area (Å²) in [5.74, 6) is 0.588. The smallest absolute Gasteiger partial charge is 0.272 e. The molecule has 0 saturated carbocycles. The van der Waals surface area contributed by atoms with Crippen molar-refractivity contribution in [1.82, 2.24) is 24.9 Å². The molecule has 28 heavy (non-hydrogen) atoms. The molecule has 0 bridgehead atoms. The van der Waals surface area contributed by atoms with Gasteiger partial charge in [-0.25, -0.2) is 4.68 Å². The number of carbonyl (C=O) groups is 1. The van der Waals surface area contributed by atoms with Crippen LogP contribution in [-0.4, -0.2) is 25.5 Å². The van der Waals surface area contributed by atoms with Gasteiger partial charge >= 0.3 is 0 Å². The van der Waals surface area contributed by atoms with Gasteiger partial charge in [0, 0.05) is 24.0 Å². The molecule has 7 nitrogen and oxygen atoms in total. The van der Waals surface area contributed by atoms with Crippen LogP contribution in [0.4, 0.5) is 0 Å². The summed E-state index contributed by atoms with van der Waals surface area (Å²) >= 11 is 0. The molecule has 1 N–H and O–H groups in total. The molecule has 1 unspecified atom stereocenters. The number of aromatic nitrogens is 4. The molecule has 1 atom stereocenters. The van der Waals surface area contributed by atoms with Gasteiger partial charge in [-0.2, -0.15) is 10.2 Å². The fourth-order valence-corrected chi connectivity index (χ4v) is 3.20. The fraction of sp³-hybridized carbons (Fsp3) is 0.381. The lowest BCUT2D eigenvalue weighted by Crippen LogP contribution is -2.27. The third-order valence-corrected chi connectivity index (χ3v) is 4.81. The molecular weight excluding hydrogens is 354 g/mol. The largest absolute Gasteiger partial charge is 0.471 e. The Hall–Kier alpha value is -3.09. The SMILES string of the molecule is CCn1ncc(C(C)NC(=O)c2ccn(COc3ccc(C)cc3C)n2)c1C. The third-order valence-electron chi connectivity index (χ3n) is 4.81. The first-order valence-electron chi connectivity index (χ1n) is 9.45. The van der Waals surface area contributed by atoms with Gasteiger partial charge in [0.2, 0.25) is 0 Å². The number of carbonyl (C=O) groups excluding carboxylic acids is 1. The van der Waals surface area contributed by atoms with E-state index in [2.05, 4.69) is 21.6 Å². The number of nitrogens with zero attached hydrogens (tertiary/aromatic N) is 4. The Balaban J connectivity index is 1.61. The van der Waals surface area contributed by atoms with E-state index in [4.69, 9.17) is 4.74 Å². The summed E-state index contributed by atoms with van der Waals surface area (Å²) in [7, 11) is 0. The average Bonchev–Trinajstić information content (AvgIpc) is 3.27. The molecule has 1 aromatic carbocycles. The predicted octanol–water partition coefficient (Wildman–Crippen LogP) is 3.55. The van der Waals surface area contributed by atoms with Crippen LogP contribution in [0.25, 0.3) is 0 Å². The van der Waals surface area contributed by atoms with E-state index in [1.807, 2.05) is 51.4 Å². The second-order valence-electron chi connectivity index (χ2n) is 6.98. The van der Waals surface area contributed by atoms with Gasteiger partial charge in [0.1, 0.15) is 11.4 Å². The summed E-state index contributed by atoms with van der Waals surface area (Å²) < 4.78 is 9.33. The Morgan fingerprint density at radius 2 is 2.04 bits per heavy atom. The molecule has 0 saturated heterocycles. The van der Waals surface area contributed by atoms with Gasteiger partial charge in [-0.3, -0.25) is 9.48 Å². The number of rotatable bonds is 7. The lowest BCUT2D eigenvalue weighted by atomic mass is 10.1. The fourth-order valence-electron chi connectivity index (χ4n) is 3.20. The highest BCUT2D eigenvalue weighted by atomic mass is 16.5. The third kappa shape index (κ3) is 4.24. The van der Waals surface area contributed by atoms with Crippen molar-refractivity contribution >= 4 is 5.91 Å². The van der Waals surface area contributed by atoms with Crippen molar-refractivity contribution in [3.8, 4) is 5.75 Å². The Labute approximate surface area is 165 Å². The van der Waals surface area contributed by atoms with Crippen LogP contribution in [0.5, 0.6) is 5.75 Å². The van der Waals surface area contributed by atoms with Crippen LogP contribution in [0.15, 0.2) is 36.7 Å². The van der Waals surface area contributed by atoms with E-state index in [0.717, 1.165) is 29.1 Å². The second-order valence-corrected chi connectivity index (χ2v) is 6.98. The summed E-state index contributed by atoms with van der Waals surface area (Å²) in [6.07, 6.45) is 3.55. The number of benzene rings is 1. The molecule has 148 valence electrons. The van der Waals surface area contributed by atoms with Gasteiger partial charge in [0.05, 0.1) is 12.2 Å².